The molecular weight excluding hydrogens is 268 g/mol. The number of hydrogen-bond acceptors (Lipinski definition) is 3. The van der Waals surface area contributed by atoms with Gasteiger partial charge in [-0.15, -0.1) is 0 Å². The van der Waals surface area contributed by atoms with E-state index in [2.05, 4.69) is 4.99 Å². The lowest BCUT2D eigenvalue weighted by atomic mass is 9.88. The molecule has 1 aromatic carbocycles. The van der Waals surface area contributed by atoms with Gasteiger partial charge in [-0.3, -0.25) is 0 Å². The molecule has 0 spiro atoms. The van der Waals surface area contributed by atoms with E-state index in [0.29, 0.717) is 29.1 Å². The smallest absolute Gasteiger partial charge is 0.335 e. The predicted molar refractivity (Wildman–Crippen MR) is 80.2 cm³/mol. The molecule has 3 atom stereocenters. The van der Waals surface area contributed by atoms with Crippen molar-refractivity contribution in [2.75, 3.05) is 7.11 Å². The third-order valence-corrected chi connectivity index (χ3v) is 4.79. The summed E-state index contributed by atoms with van der Waals surface area (Å²) in [7, 11) is 1.54. The highest BCUT2D eigenvalue weighted by Gasteiger charge is 2.41. The first kappa shape index (κ1) is 13.9. The van der Waals surface area contributed by atoms with Crippen LogP contribution in [0.3, 0.4) is 0 Å². The highest BCUT2D eigenvalue weighted by atomic mass is 16.5. The van der Waals surface area contributed by atoms with Gasteiger partial charge in [-0.05, 0) is 49.3 Å². The molecule has 2 saturated carbocycles. The molecule has 5 nitrogen and oxygen atoms in total. The van der Waals surface area contributed by atoms with Gasteiger partial charge in [0.2, 0.25) is 0 Å². The number of carboxylic acid groups (broad SMARTS) is 1. The van der Waals surface area contributed by atoms with E-state index in [1.807, 2.05) is 0 Å². The van der Waals surface area contributed by atoms with Gasteiger partial charge in [0.05, 0.1) is 12.7 Å². The predicted octanol–water partition coefficient (Wildman–Crippen LogP) is 2.82. The highest BCUT2D eigenvalue weighted by Crippen LogP contribution is 2.48. The number of hydrogen-bond donors (Lipinski definition) is 2. The molecule has 3 unspecified atom stereocenters. The Morgan fingerprint density at radius 2 is 2.19 bits per heavy atom. The summed E-state index contributed by atoms with van der Waals surface area (Å²) >= 11 is 0. The van der Waals surface area contributed by atoms with Crippen LogP contribution >= 0.6 is 0 Å². The van der Waals surface area contributed by atoms with E-state index in [-0.39, 0.29) is 5.56 Å². The Morgan fingerprint density at radius 3 is 2.76 bits per heavy atom. The Morgan fingerprint density at radius 1 is 1.38 bits per heavy atom. The number of aliphatic imine (C=N–C) groups is 1. The summed E-state index contributed by atoms with van der Waals surface area (Å²) in [6.07, 6.45) is 4.91. The van der Waals surface area contributed by atoms with E-state index >= 15 is 0 Å². The molecule has 0 saturated heterocycles. The van der Waals surface area contributed by atoms with Gasteiger partial charge in [-0.1, -0.05) is 6.42 Å². The molecule has 0 aliphatic heterocycles. The second kappa shape index (κ2) is 5.39. The van der Waals surface area contributed by atoms with Gasteiger partial charge in [0.25, 0.3) is 0 Å². The second-order valence-corrected chi connectivity index (χ2v) is 6.01. The van der Waals surface area contributed by atoms with Crippen molar-refractivity contribution in [1.29, 1.82) is 0 Å². The van der Waals surface area contributed by atoms with Crippen LogP contribution in [0.4, 0.5) is 5.69 Å². The third-order valence-electron chi connectivity index (χ3n) is 4.79. The van der Waals surface area contributed by atoms with Gasteiger partial charge in [0.1, 0.15) is 17.3 Å². The fourth-order valence-electron chi connectivity index (χ4n) is 3.74. The largest absolute Gasteiger partial charge is 0.494 e. The molecule has 3 N–H and O–H groups in total. The number of nitrogens with two attached hydrogens (primary N) is 1. The van der Waals surface area contributed by atoms with E-state index in [1.165, 1.54) is 31.4 Å². The minimum absolute atomic E-state index is 0.190. The maximum Gasteiger partial charge on any atom is 0.335 e. The Balaban J connectivity index is 1.90. The highest BCUT2D eigenvalue weighted by molar-refractivity contribution is 5.91. The van der Waals surface area contributed by atoms with Crippen LogP contribution in [0.5, 0.6) is 5.75 Å². The Bertz CT molecular complexity index is 597. The van der Waals surface area contributed by atoms with Crippen molar-refractivity contribution in [2.24, 2.45) is 28.5 Å². The molecule has 3 rings (SSSR count). The number of methoxy groups -OCH3 is 1. The average molecular weight is 288 g/mol. The number of amidine groups is 1. The lowest BCUT2D eigenvalue weighted by molar-refractivity contribution is 0.0697. The number of nitrogens with zero attached hydrogens (tertiary/aromatic N) is 1. The van der Waals surface area contributed by atoms with E-state index in [0.717, 1.165) is 12.3 Å². The monoisotopic (exact) mass is 288 g/mol. The van der Waals surface area contributed by atoms with E-state index in [4.69, 9.17) is 15.6 Å². The van der Waals surface area contributed by atoms with Gasteiger partial charge in [0, 0.05) is 5.92 Å². The minimum atomic E-state index is -0.979. The first-order valence-corrected chi connectivity index (χ1v) is 7.34. The zero-order valence-electron chi connectivity index (χ0n) is 12.1. The minimum Gasteiger partial charge on any atom is -0.494 e. The van der Waals surface area contributed by atoms with Crippen LogP contribution in [-0.4, -0.2) is 24.0 Å². The molecule has 2 bridgehead atoms. The fourth-order valence-corrected chi connectivity index (χ4v) is 3.74. The van der Waals surface area contributed by atoms with Crippen LogP contribution in [0, 0.1) is 17.8 Å². The maximum absolute atomic E-state index is 11.1. The number of fused-ring (bicyclic) bond motifs is 2. The van der Waals surface area contributed by atoms with Crippen LogP contribution < -0.4 is 10.5 Å². The fraction of sp³-hybridized carbons (Fsp3) is 0.500. The first-order chi connectivity index (χ1) is 10.1. The van der Waals surface area contributed by atoms with Gasteiger partial charge in [-0.25, -0.2) is 9.79 Å². The van der Waals surface area contributed by atoms with Crippen molar-refractivity contribution in [3.63, 3.8) is 0 Å². The van der Waals surface area contributed by atoms with E-state index in [9.17, 15) is 4.79 Å². The lowest BCUT2D eigenvalue weighted by Gasteiger charge is -2.21. The summed E-state index contributed by atoms with van der Waals surface area (Å²) in [6.45, 7) is 0. The molecule has 2 fully saturated rings. The van der Waals surface area contributed by atoms with Crippen molar-refractivity contribution in [2.45, 2.75) is 25.7 Å². The van der Waals surface area contributed by atoms with Crippen molar-refractivity contribution < 1.29 is 14.6 Å². The van der Waals surface area contributed by atoms with Crippen molar-refractivity contribution in [1.82, 2.24) is 0 Å². The third kappa shape index (κ3) is 2.60. The van der Waals surface area contributed by atoms with Crippen LogP contribution in [0.15, 0.2) is 23.2 Å². The standard InChI is InChI=1S/C16H20N2O3/c1-21-14-5-4-11(16(19)20)8-13(14)18-15(17)12-7-9-2-3-10(12)6-9/h4-5,8-10,12H,2-3,6-7H2,1H3,(H2,17,18)(H,19,20). The second-order valence-electron chi connectivity index (χ2n) is 6.01. The molecule has 0 heterocycles. The maximum atomic E-state index is 11.1. The van der Waals surface area contributed by atoms with Crippen molar-refractivity contribution >= 4 is 17.5 Å². The summed E-state index contributed by atoms with van der Waals surface area (Å²) in [5.74, 6) is 1.96. The molecule has 1 aromatic rings. The SMILES string of the molecule is COc1ccc(C(=O)O)cc1N=C(N)C1CC2CCC1C2. The zero-order valence-corrected chi connectivity index (χ0v) is 12.1. The van der Waals surface area contributed by atoms with E-state index < -0.39 is 5.97 Å². The van der Waals surface area contributed by atoms with Crippen molar-refractivity contribution in [3.05, 3.63) is 23.8 Å². The molecule has 0 aromatic heterocycles. The number of rotatable bonds is 4. The summed E-state index contributed by atoms with van der Waals surface area (Å²) in [6, 6.07) is 4.64. The molecule has 2 aliphatic carbocycles. The van der Waals surface area contributed by atoms with Gasteiger partial charge >= 0.3 is 5.97 Å². The number of benzene rings is 1. The lowest BCUT2D eigenvalue weighted by Crippen LogP contribution is -2.27. The van der Waals surface area contributed by atoms with Crippen LogP contribution in [0.2, 0.25) is 0 Å². The summed E-state index contributed by atoms with van der Waals surface area (Å²) < 4.78 is 5.25. The summed E-state index contributed by atoms with van der Waals surface area (Å²) in [5, 5.41) is 9.08. The molecule has 2 aliphatic rings. The molecule has 5 heteroatoms. The number of ether oxygens (including phenoxy) is 1. The first-order valence-electron chi connectivity index (χ1n) is 7.34. The van der Waals surface area contributed by atoms with Gasteiger partial charge < -0.3 is 15.6 Å². The molecular formula is C16H20N2O3. The van der Waals surface area contributed by atoms with E-state index in [1.54, 1.807) is 13.2 Å². The van der Waals surface area contributed by atoms with Gasteiger partial charge in [-0.2, -0.15) is 0 Å². The average Bonchev–Trinajstić information content (AvgIpc) is 3.09. The Kier molecular flexibility index (Phi) is 3.57. The van der Waals surface area contributed by atoms with Gasteiger partial charge in [0.15, 0.2) is 0 Å². The number of aromatic carboxylic acids is 1. The Labute approximate surface area is 123 Å². The normalized spacial score (nSPS) is 27.9. The number of carbonyl (C=O) groups is 1. The summed E-state index contributed by atoms with van der Waals surface area (Å²) in [5.41, 5.74) is 6.88. The zero-order chi connectivity index (χ0) is 15.0. The Hall–Kier alpha value is -2.04. The van der Waals surface area contributed by atoms with Crippen LogP contribution in [0.1, 0.15) is 36.0 Å². The molecule has 0 amide bonds. The summed E-state index contributed by atoms with van der Waals surface area (Å²) in [4.78, 5) is 15.6. The topological polar surface area (TPSA) is 84.9 Å². The molecule has 0 radical (unpaired) electrons. The van der Waals surface area contributed by atoms with Crippen LogP contribution in [-0.2, 0) is 0 Å². The number of carboxylic acids is 1. The molecule has 21 heavy (non-hydrogen) atoms. The van der Waals surface area contributed by atoms with Crippen LogP contribution in [0.25, 0.3) is 0 Å². The van der Waals surface area contributed by atoms with Crippen molar-refractivity contribution in [3.8, 4) is 5.75 Å². The molecule has 112 valence electrons. The quantitative estimate of drug-likeness (QED) is 0.659.